The molecule has 1 atom stereocenters. The molecule has 1 N–H and O–H groups in total. The molecule has 3 rings (SSSR count). The third kappa shape index (κ3) is 4.89. The number of amides is 1. The van der Waals surface area contributed by atoms with Gasteiger partial charge in [0.15, 0.2) is 5.69 Å². The molecule has 25 heavy (non-hydrogen) atoms. The zero-order valence-electron chi connectivity index (χ0n) is 14.7. The first-order valence-electron chi connectivity index (χ1n) is 8.79. The molecule has 0 saturated heterocycles. The third-order valence-electron chi connectivity index (χ3n) is 4.47. The molecule has 1 heterocycles. The summed E-state index contributed by atoms with van der Waals surface area (Å²) in [4.78, 5) is 18.7. The smallest absolute Gasteiger partial charge is 0.273 e. The van der Waals surface area contributed by atoms with Crippen molar-refractivity contribution < 1.29 is 13.6 Å². The van der Waals surface area contributed by atoms with Crippen LogP contribution in [0.3, 0.4) is 0 Å². The van der Waals surface area contributed by atoms with E-state index in [1.165, 1.54) is 18.4 Å². The maximum absolute atomic E-state index is 13.1. The molecule has 0 bridgehead atoms. The molecule has 1 aromatic heterocycles. The van der Waals surface area contributed by atoms with Gasteiger partial charge in [-0.15, -0.1) is 0 Å². The number of hydrogen-bond acceptors (Lipinski definition) is 4. The molecule has 134 valence electrons. The summed E-state index contributed by atoms with van der Waals surface area (Å²) >= 11 is 0. The second-order valence-electron chi connectivity index (χ2n) is 6.67. The van der Waals surface area contributed by atoms with E-state index in [1.807, 2.05) is 13.8 Å². The van der Waals surface area contributed by atoms with Crippen molar-refractivity contribution in [2.24, 2.45) is 0 Å². The highest BCUT2D eigenvalue weighted by Crippen LogP contribution is 2.29. The summed E-state index contributed by atoms with van der Waals surface area (Å²) in [7, 11) is 0. The summed E-state index contributed by atoms with van der Waals surface area (Å²) in [5.41, 5.74) is 1.36. The first-order chi connectivity index (χ1) is 12.0. The molecule has 2 aromatic rings. The van der Waals surface area contributed by atoms with E-state index in [-0.39, 0.29) is 17.8 Å². The topological polar surface area (TPSA) is 58.4 Å². The van der Waals surface area contributed by atoms with E-state index >= 15 is 0 Å². The predicted molar refractivity (Wildman–Crippen MR) is 92.4 cm³/mol. The van der Waals surface area contributed by atoms with Gasteiger partial charge in [-0.05, 0) is 43.9 Å². The molecule has 1 aliphatic carbocycles. The fourth-order valence-corrected chi connectivity index (χ4v) is 2.64. The van der Waals surface area contributed by atoms with Crippen molar-refractivity contribution in [3.8, 4) is 0 Å². The number of carbonyl (C=O) groups is 1. The highest BCUT2D eigenvalue weighted by molar-refractivity contribution is 5.92. The van der Waals surface area contributed by atoms with Crippen LogP contribution in [0.1, 0.15) is 55.1 Å². The zero-order chi connectivity index (χ0) is 17.8. The number of oxazole rings is 1. The molecule has 0 radical (unpaired) electrons. The average Bonchev–Trinajstić information content (AvgIpc) is 3.35. The zero-order valence-corrected chi connectivity index (χ0v) is 14.7. The molecule has 1 unspecified atom stereocenters. The standard InChI is InChI=1S/C19H24FN3O2/c1-3-13(2)21-19(24)17-12-25-18(22-17)11-23(16-8-9-16)10-14-4-6-15(20)7-5-14/h4-7,12-13,16H,3,8-11H2,1-2H3,(H,21,24). The third-order valence-corrected chi connectivity index (χ3v) is 4.47. The van der Waals surface area contributed by atoms with E-state index in [0.29, 0.717) is 30.7 Å². The van der Waals surface area contributed by atoms with Crippen molar-refractivity contribution in [3.63, 3.8) is 0 Å². The summed E-state index contributed by atoms with van der Waals surface area (Å²) in [6.07, 6.45) is 4.56. The monoisotopic (exact) mass is 345 g/mol. The molecule has 1 saturated carbocycles. The van der Waals surface area contributed by atoms with E-state index < -0.39 is 0 Å². The number of nitrogens with one attached hydrogen (secondary N) is 1. The largest absolute Gasteiger partial charge is 0.447 e. The van der Waals surface area contributed by atoms with Gasteiger partial charge in [0.2, 0.25) is 5.89 Å². The Morgan fingerprint density at radius 2 is 2.08 bits per heavy atom. The molecule has 6 heteroatoms. The van der Waals surface area contributed by atoms with Gasteiger partial charge >= 0.3 is 0 Å². The molecule has 0 aliphatic heterocycles. The van der Waals surface area contributed by atoms with Crippen molar-refractivity contribution in [1.82, 2.24) is 15.2 Å². The fourth-order valence-electron chi connectivity index (χ4n) is 2.64. The summed E-state index contributed by atoms with van der Waals surface area (Å²) in [5, 5.41) is 2.88. The van der Waals surface area contributed by atoms with E-state index in [1.54, 1.807) is 12.1 Å². The van der Waals surface area contributed by atoms with Gasteiger partial charge in [0.25, 0.3) is 5.91 Å². The van der Waals surface area contributed by atoms with Crippen molar-refractivity contribution in [2.45, 2.75) is 58.3 Å². The first kappa shape index (κ1) is 17.6. The molecule has 1 amide bonds. The van der Waals surface area contributed by atoms with Crippen LogP contribution in [0.5, 0.6) is 0 Å². The molecular weight excluding hydrogens is 321 g/mol. The van der Waals surface area contributed by atoms with Crippen molar-refractivity contribution in [1.29, 1.82) is 0 Å². The summed E-state index contributed by atoms with van der Waals surface area (Å²) in [5.74, 6) is 0.0931. The van der Waals surface area contributed by atoms with Gasteiger partial charge in [0.05, 0.1) is 6.54 Å². The number of benzene rings is 1. The lowest BCUT2D eigenvalue weighted by Crippen LogP contribution is -2.32. The number of nitrogens with zero attached hydrogens (tertiary/aromatic N) is 2. The summed E-state index contributed by atoms with van der Waals surface area (Å²) in [6.45, 7) is 5.22. The van der Waals surface area contributed by atoms with Crippen molar-refractivity contribution in [3.05, 3.63) is 53.5 Å². The minimum atomic E-state index is -0.230. The van der Waals surface area contributed by atoms with E-state index in [2.05, 4.69) is 15.2 Å². The Labute approximate surface area is 147 Å². The lowest BCUT2D eigenvalue weighted by Gasteiger charge is -2.20. The molecular formula is C19H24FN3O2. The Morgan fingerprint density at radius 1 is 1.36 bits per heavy atom. The Bertz CT molecular complexity index is 710. The molecule has 1 aliphatic rings. The Kier molecular flexibility index (Phi) is 5.48. The molecule has 5 nitrogen and oxygen atoms in total. The van der Waals surface area contributed by atoms with Gasteiger partial charge in [-0.1, -0.05) is 19.1 Å². The number of aromatic nitrogens is 1. The van der Waals surface area contributed by atoms with Gasteiger partial charge in [0.1, 0.15) is 12.1 Å². The Balaban J connectivity index is 1.63. The minimum Gasteiger partial charge on any atom is -0.447 e. The summed E-state index contributed by atoms with van der Waals surface area (Å²) in [6, 6.07) is 7.14. The van der Waals surface area contributed by atoms with Crippen LogP contribution in [0.2, 0.25) is 0 Å². The molecule has 1 fully saturated rings. The van der Waals surface area contributed by atoms with Crippen LogP contribution in [0.4, 0.5) is 4.39 Å². The number of carbonyl (C=O) groups excluding carboxylic acids is 1. The van der Waals surface area contributed by atoms with Gasteiger partial charge in [0, 0.05) is 18.6 Å². The minimum absolute atomic E-state index is 0.106. The van der Waals surface area contributed by atoms with Gasteiger partial charge in [-0.2, -0.15) is 0 Å². The van der Waals surface area contributed by atoms with Crippen LogP contribution < -0.4 is 5.32 Å². The van der Waals surface area contributed by atoms with Crippen LogP contribution in [-0.2, 0) is 13.1 Å². The predicted octanol–water partition coefficient (Wildman–Crippen LogP) is 3.51. The quantitative estimate of drug-likeness (QED) is 0.795. The fraction of sp³-hybridized carbons (Fsp3) is 0.474. The maximum atomic E-state index is 13.1. The van der Waals surface area contributed by atoms with Crippen LogP contribution in [0.25, 0.3) is 0 Å². The van der Waals surface area contributed by atoms with Crippen LogP contribution in [-0.4, -0.2) is 27.9 Å². The van der Waals surface area contributed by atoms with Crippen LogP contribution >= 0.6 is 0 Å². The van der Waals surface area contributed by atoms with E-state index in [4.69, 9.17) is 4.42 Å². The highest BCUT2D eigenvalue weighted by atomic mass is 19.1. The normalized spacial score (nSPS) is 15.4. The van der Waals surface area contributed by atoms with E-state index in [9.17, 15) is 9.18 Å². The molecule has 0 spiro atoms. The van der Waals surface area contributed by atoms with Crippen molar-refractivity contribution in [2.75, 3.05) is 0 Å². The van der Waals surface area contributed by atoms with Crippen LogP contribution in [0, 0.1) is 5.82 Å². The SMILES string of the molecule is CCC(C)NC(=O)c1coc(CN(Cc2ccc(F)cc2)C2CC2)n1. The second-order valence-corrected chi connectivity index (χ2v) is 6.67. The van der Waals surface area contributed by atoms with Gasteiger partial charge in [-0.3, -0.25) is 9.69 Å². The maximum Gasteiger partial charge on any atom is 0.273 e. The highest BCUT2D eigenvalue weighted by Gasteiger charge is 2.30. The van der Waals surface area contributed by atoms with Gasteiger partial charge in [-0.25, -0.2) is 9.37 Å². The first-order valence-corrected chi connectivity index (χ1v) is 8.79. The molecule has 1 aromatic carbocycles. The van der Waals surface area contributed by atoms with Crippen LogP contribution in [0.15, 0.2) is 34.9 Å². The number of rotatable bonds is 8. The number of hydrogen-bond donors (Lipinski definition) is 1. The van der Waals surface area contributed by atoms with Gasteiger partial charge < -0.3 is 9.73 Å². The Morgan fingerprint density at radius 3 is 2.72 bits per heavy atom. The Hall–Kier alpha value is -2.21. The van der Waals surface area contributed by atoms with Crippen molar-refractivity contribution >= 4 is 5.91 Å². The van der Waals surface area contributed by atoms with E-state index in [0.717, 1.165) is 24.8 Å². The second kappa shape index (κ2) is 7.78. The lowest BCUT2D eigenvalue weighted by atomic mass is 10.2. The summed E-state index contributed by atoms with van der Waals surface area (Å²) < 4.78 is 18.6. The lowest BCUT2D eigenvalue weighted by molar-refractivity contribution is 0.0934. The average molecular weight is 345 g/mol. The number of halogens is 1.